The van der Waals surface area contributed by atoms with Gasteiger partial charge in [0, 0.05) is 11.4 Å². The Bertz CT molecular complexity index is 498. The maximum atomic E-state index is 12.6. The number of carboxylic acid groups (broad SMARTS) is 1. The number of rotatable bonds is 6. The van der Waals surface area contributed by atoms with E-state index < -0.39 is 16.6 Å². The lowest BCUT2D eigenvalue weighted by atomic mass is 10.1. The lowest BCUT2D eigenvalue weighted by Gasteiger charge is -2.27. The van der Waals surface area contributed by atoms with E-state index in [2.05, 4.69) is 5.32 Å². The third kappa shape index (κ3) is 4.00. The zero-order chi connectivity index (χ0) is 15.3. The van der Waals surface area contributed by atoms with Crippen molar-refractivity contribution in [1.29, 1.82) is 0 Å². The Hall–Kier alpha value is -1.49. The molecule has 1 aromatic carbocycles. The van der Waals surface area contributed by atoms with Crippen LogP contribution in [0.3, 0.4) is 0 Å². The molecule has 21 heavy (non-hydrogen) atoms. The summed E-state index contributed by atoms with van der Waals surface area (Å²) in [6.45, 7) is 1.79. The van der Waals surface area contributed by atoms with Crippen LogP contribution in [-0.2, 0) is 9.59 Å². The Balaban J connectivity index is 2.04. The van der Waals surface area contributed by atoms with Crippen LogP contribution in [0.5, 0.6) is 0 Å². The molecule has 0 bridgehead atoms. The van der Waals surface area contributed by atoms with Crippen molar-refractivity contribution in [2.75, 3.05) is 6.54 Å². The lowest BCUT2D eigenvalue weighted by Crippen LogP contribution is -2.44. The molecule has 0 aromatic heterocycles. The SMILES string of the molecule is CC(CNC(=O)C1(Sc2ccccc2)CCCC1)C(=O)O. The topological polar surface area (TPSA) is 66.4 Å². The average molecular weight is 307 g/mol. The summed E-state index contributed by atoms with van der Waals surface area (Å²) >= 11 is 1.61. The van der Waals surface area contributed by atoms with Gasteiger partial charge >= 0.3 is 5.97 Å². The Labute approximate surface area is 129 Å². The van der Waals surface area contributed by atoms with Crippen LogP contribution in [0.2, 0.25) is 0 Å². The van der Waals surface area contributed by atoms with E-state index in [4.69, 9.17) is 5.11 Å². The second-order valence-corrected chi connectivity index (χ2v) is 7.02. The van der Waals surface area contributed by atoms with Crippen LogP contribution >= 0.6 is 11.8 Å². The van der Waals surface area contributed by atoms with Crippen molar-refractivity contribution >= 4 is 23.6 Å². The van der Waals surface area contributed by atoms with Crippen molar-refractivity contribution in [1.82, 2.24) is 5.32 Å². The summed E-state index contributed by atoms with van der Waals surface area (Å²) in [5.41, 5.74) is 0. The molecule has 1 amide bonds. The standard InChI is InChI=1S/C16H21NO3S/c1-12(14(18)19)11-17-15(20)16(9-5-6-10-16)21-13-7-3-2-4-8-13/h2-4,7-8,12H,5-6,9-11H2,1H3,(H,17,20)(H,18,19). The molecule has 0 saturated heterocycles. The van der Waals surface area contributed by atoms with Gasteiger partial charge in [-0.3, -0.25) is 9.59 Å². The summed E-state index contributed by atoms with van der Waals surface area (Å²) in [7, 11) is 0. The molecule has 1 fully saturated rings. The van der Waals surface area contributed by atoms with Gasteiger partial charge in [-0.25, -0.2) is 0 Å². The van der Waals surface area contributed by atoms with E-state index in [9.17, 15) is 9.59 Å². The Morgan fingerprint density at radius 3 is 2.48 bits per heavy atom. The highest BCUT2D eigenvalue weighted by Gasteiger charge is 2.42. The summed E-state index contributed by atoms with van der Waals surface area (Å²) < 4.78 is -0.445. The predicted molar refractivity (Wildman–Crippen MR) is 83.3 cm³/mol. The molecule has 1 aliphatic carbocycles. The summed E-state index contributed by atoms with van der Waals surface area (Å²) in [5, 5.41) is 11.7. The molecule has 0 heterocycles. The van der Waals surface area contributed by atoms with Gasteiger partial charge in [-0.2, -0.15) is 0 Å². The molecule has 4 nitrogen and oxygen atoms in total. The van der Waals surface area contributed by atoms with E-state index in [-0.39, 0.29) is 12.5 Å². The van der Waals surface area contributed by atoms with Gasteiger partial charge in [0.1, 0.15) is 0 Å². The number of nitrogens with one attached hydrogen (secondary N) is 1. The molecule has 0 spiro atoms. The van der Waals surface area contributed by atoms with Gasteiger partial charge in [-0.15, -0.1) is 11.8 Å². The third-order valence-electron chi connectivity index (χ3n) is 3.87. The number of thioether (sulfide) groups is 1. The number of aliphatic carboxylic acids is 1. The van der Waals surface area contributed by atoms with Crippen LogP contribution in [0.4, 0.5) is 0 Å². The zero-order valence-corrected chi connectivity index (χ0v) is 13.0. The van der Waals surface area contributed by atoms with Gasteiger partial charge in [0.05, 0.1) is 10.7 Å². The molecule has 5 heteroatoms. The van der Waals surface area contributed by atoms with E-state index in [1.165, 1.54) is 0 Å². The maximum Gasteiger partial charge on any atom is 0.308 e. The van der Waals surface area contributed by atoms with E-state index in [0.717, 1.165) is 30.6 Å². The van der Waals surface area contributed by atoms with Crippen molar-refractivity contribution in [3.8, 4) is 0 Å². The first-order chi connectivity index (χ1) is 10.0. The highest BCUT2D eigenvalue weighted by atomic mass is 32.2. The minimum absolute atomic E-state index is 0.0260. The van der Waals surface area contributed by atoms with Crippen LogP contribution in [0.25, 0.3) is 0 Å². The van der Waals surface area contributed by atoms with Crippen LogP contribution < -0.4 is 5.32 Å². The molecule has 1 aromatic rings. The van der Waals surface area contributed by atoms with Gasteiger partial charge in [-0.05, 0) is 25.0 Å². The van der Waals surface area contributed by atoms with Crippen LogP contribution in [0.15, 0.2) is 35.2 Å². The molecule has 1 atom stereocenters. The molecule has 1 unspecified atom stereocenters. The van der Waals surface area contributed by atoms with E-state index in [0.29, 0.717) is 0 Å². The first-order valence-corrected chi connectivity index (χ1v) is 8.10. The number of benzene rings is 1. The molecule has 0 radical (unpaired) electrons. The molecule has 2 N–H and O–H groups in total. The van der Waals surface area contributed by atoms with Gasteiger partial charge in [-0.1, -0.05) is 38.0 Å². The lowest BCUT2D eigenvalue weighted by molar-refractivity contribution is -0.141. The number of carbonyl (C=O) groups is 2. The highest BCUT2D eigenvalue weighted by molar-refractivity contribution is 8.01. The summed E-state index contributed by atoms with van der Waals surface area (Å²) in [4.78, 5) is 24.5. The first kappa shape index (κ1) is 15.9. The highest BCUT2D eigenvalue weighted by Crippen LogP contribution is 2.45. The minimum atomic E-state index is -0.883. The summed E-state index contributed by atoms with van der Waals surface area (Å²) in [6.07, 6.45) is 3.78. The Kier molecular flexibility index (Phi) is 5.28. The fraction of sp³-hybridized carbons (Fsp3) is 0.500. The minimum Gasteiger partial charge on any atom is -0.481 e. The third-order valence-corrected chi connectivity index (χ3v) is 5.36. The van der Waals surface area contributed by atoms with E-state index in [1.54, 1.807) is 18.7 Å². The van der Waals surface area contributed by atoms with Gasteiger partial charge in [0.15, 0.2) is 0 Å². The number of hydrogen-bond donors (Lipinski definition) is 2. The number of carbonyl (C=O) groups excluding carboxylic acids is 1. The van der Waals surface area contributed by atoms with Crippen molar-refractivity contribution in [3.63, 3.8) is 0 Å². The normalized spacial score (nSPS) is 18.1. The number of carboxylic acids is 1. The molecule has 2 rings (SSSR count). The average Bonchev–Trinajstić information content (AvgIpc) is 2.95. The molecule has 1 saturated carbocycles. The maximum absolute atomic E-state index is 12.6. The number of amides is 1. The Morgan fingerprint density at radius 2 is 1.90 bits per heavy atom. The van der Waals surface area contributed by atoms with E-state index in [1.807, 2.05) is 30.3 Å². The zero-order valence-electron chi connectivity index (χ0n) is 12.2. The smallest absolute Gasteiger partial charge is 0.308 e. The van der Waals surface area contributed by atoms with Crippen LogP contribution in [0.1, 0.15) is 32.6 Å². The molecular formula is C16H21NO3S. The largest absolute Gasteiger partial charge is 0.481 e. The fourth-order valence-corrected chi connectivity index (χ4v) is 3.93. The quantitative estimate of drug-likeness (QED) is 0.848. The Morgan fingerprint density at radius 1 is 1.29 bits per heavy atom. The first-order valence-electron chi connectivity index (χ1n) is 7.29. The second kappa shape index (κ2) is 6.98. The van der Waals surface area contributed by atoms with Crippen molar-refractivity contribution in [2.45, 2.75) is 42.2 Å². The molecular weight excluding hydrogens is 286 g/mol. The monoisotopic (exact) mass is 307 g/mol. The van der Waals surface area contributed by atoms with E-state index >= 15 is 0 Å². The molecule has 0 aliphatic heterocycles. The van der Waals surface area contributed by atoms with Gasteiger partial charge in [0.2, 0.25) is 5.91 Å². The van der Waals surface area contributed by atoms with Crippen molar-refractivity contribution in [2.24, 2.45) is 5.92 Å². The summed E-state index contributed by atoms with van der Waals surface area (Å²) in [6, 6.07) is 9.92. The predicted octanol–water partition coefficient (Wildman–Crippen LogP) is 2.93. The summed E-state index contributed by atoms with van der Waals surface area (Å²) in [5.74, 6) is -1.47. The molecule has 114 valence electrons. The fourth-order valence-electron chi connectivity index (χ4n) is 2.53. The second-order valence-electron chi connectivity index (χ2n) is 5.57. The molecule has 1 aliphatic rings. The van der Waals surface area contributed by atoms with Crippen LogP contribution in [0, 0.1) is 5.92 Å². The van der Waals surface area contributed by atoms with Gasteiger partial charge < -0.3 is 10.4 Å². The van der Waals surface area contributed by atoms with Crippen molar-refractivity contribution in [3.05, 3.63) is 30.3 Å². The van der Waals surface area contributed by atoms with Crippen molar-refractivity contribution < 1.29 is 14.7 Å². The van der Waals surface area contributed by atoms with Crippen LogP contribution in [-0.4, -0.2) is 28.3 Å². The van der Waals surface area contributed by atoms with Gasteiger partial charge in [0.25, 0.3) is 0 Å². The number of hydrogen-bond acceptors (Lipinski definition) is 3.